The zero-order chi connectivity index (χ0) is 44.9. The fourth-order valence-corrected chi connectivity index (χ4v) is 9.30. The van der Waals surface area contributed by atoms with E-state index in [2.05, 4.69) is 135 Å². The Bertz CT molecular complexity index is 1820. The maximum atomic E-state index is 6.87. The Morgan fingerprint density at radius 2 is 0.565 bits per heavy atom. The summed E-state index contributed by atoms with van der Waals surface area (Å²) in [4.78, 5) is 0. The second-order valence-corrected chi connectivity index (χ2v) is 20.2. The van der Waals surface area contributed by atoms with Crippen molar-refractivity contribution < 1.29 is 37.9 Å². The van der Waals surface area contributed by atoms with Gasteiger partial charge in [-0.3, -0.25) is 0 Å². The van der Waals surface area contributed by atoms with Crippen LogP contribution in [0.2, 0.25) is 0 Å². The van der Waals surface area contributed by atoms with Crippen LogP contribution >= 0.6 is 45.2 Å². The van der Waals surface area contributed by atoms with Gasteiger partial charge >= 0.3 is 0 Å². The Morgan fingerprint density at radius 3 is 0.758 bits per heavy atom. The highest BCUT2D eigenvalue weighted by Crippen LogP contribution is 2.43. The van der Waals surface area contributed by atoms with Crippen molar-refractivity contribution in [2.75, 3.05) is 79.3 Å². The largest absolute Gasteiger partial charge is 0.491 e. The van der Waals surface area contributed by atoms with Crippen LogP contribution in [0.15, 0.2) is 48.5 Å². The molecule has 340 valence electrons. The third-order valence-electron chi connectivity index (χ3n) is 10.9. The number of benzene rings is 4. The number of rotatable bonds is 20. The molecule has 0 saturated carbocycles. The maximum absolute atomic E-state index is 6.87. The normalized spacial score (nSPS) is 13.0. The summed E-state index contributed by atoms with van der Waals surface area (Å²) >= 11 is 4.93. The molecule has 1 aliphatic carbocycles. The molecule has 8 nitrogen and oxygen atoms in total. The summed E-state index contributed by atoms with van der Waals surface area (Å²) in [6, 6.07) is 18.4. The van der Waals surface area contributed by atoms with Gasteiger partial charge in [0.1, 0.15) is 49.4 Å². The Balaban J connectivity index is 1.88. The molecule has 0 saturated heterocycles. The molecule has 0 aliphatic heterocycles. The van der Waals surface area contributed by atoms with Crippen LogP contribution in [0.1, 0.15) is 125 Å². The van der Waals surface area contributed by atoms with E-state index in [0.29, 0.717) is 105 Å². The molecule has 8 bridgehead atoms. The van der Waals surface area contributed by atoms with E-state index in [4.69, 9.17) is 37.9 Å². The Morgan fingerprint density at radius 1 is 0.355 bits per heavy atom. The first-order valence-electron chi connectivity index (χ1n) is 22.4. The lowest BCUT2D eigenvalue weighted by Gasteiger charge is -2.27. The van der Waals surface area contributed by atoms with Gasteiger partial charge in [-0.15, -0.1) is 0 Å². The van der Waals surface area contributed by atoms with Gasteiger partial charge in [0.05, 0.1) is 26.4 Å². The van der Waals surface area contributed by atoms with Crippen LogP contribution in [0.3, 0.4) is 0 Å². The molecular weight excluding hydrogens is 1010 g/mol. The topological polar surface area (TPSA) is 73.8 Å². The first kappa shape index (κ1) is 50.4. The van der Waals surface area contributed by atoms with Crippen LogP contribution in [-0.2, 0) is 55.5 Å². The quantitative estimate of drug-likeness (QED) is 0.0564. The number of hydrogen-bond donors (Lipinski definition) is 0. The Labute approximate surface area is 399 Å². The molecule has 62 heavy (non-hydrogen) atoms. The maximum Gasteiger partial charge on any atom is 0.126 e. The van der Waals surface area contributed by atoms with Gasteiger partial charge in [-0.25, -0.2) is 0 Å². The van der Waals surface area contributed by atoms with Crippen LogP contribution in [0.4, 0.5) is 0 Å². The lowest BCUT2D eigenvalue weighted by molar-refractivity contribution is 0.108. The second-order valence-electron chi connectivity index (χ2n) is 17.7. The van der Waals surface area contributed by atoms with E-state index in [0.717, 1.165) is 74.6 Å². The molecule has 0 unspecified atom stereocenters. The molecule has 0 aromatic heterocycles. The van der Waals surface area contributed by atoms with Crippen LogP contribution < -0.4 is 18.9 Å². The molecule has 4 aromatic rings. The number of ether oxygens (including phenoxy) is 8. The van der Waals surface area contributed by atoms with Crippen molar-refractivity contribution in [3.8, 4) is 23.0 Å². The van der Waals surface area contributed by atoms with E-state index in [1.807, 2.05) is 27.7 Å². The van der Waals surface area contributed by atoms with Gasteiger partial charge in [-0.1, -0.05) is 65.8 Å². The van der Waals surface area contributed by atoms with E-state index in [1.54, 1.807) is 0 Å². The molecule has 0 spiro atoms. The van der Waals surface area contributed by atoms with E-state index in [9.17, 15) is 0 Å². The first-order chi connectivity index (χ1) is 29.7. The molecule has 4 aromatic carbocycles. The summed E-state index contributed by atoms with van der Waals surface area (Å²) in [5.74, 6) is 3.54. The van der Waals surface area contributed by atoms with E-state index in [1.165, 1.54) is 11.1 Å². The predicted octanol–water partition coefficient (Wildman–Crippen LogP) is 11.8. The number of fused-ring (bicyclic) bond motifs is 8. The minimum absolute atomic E-state index is 0.125. The van der Waals surface area contributed by atoms with Gasteiger partial charge in [0, 0.05) is 59.3 Å². The van der Waals surface area contributed by atoms with E-state index < -0.39 is 0 Å². The summed E-state index contributed by atoms with van der Waals surface area (Å²) < 4.78 is 53.0. The predicted molar refractivity (Wildman–Crippen MR) is 268 cm³/mol. The monoisotopic (exact) mass is 1080 g/mol. The lowest BCUT2D eigenvalue weighted by Crippen LogP contribution is -2.17. The summed E-state index contributed by atoms with van der Waals surface area (Å²) in [7, 11) is 0. The molecule has 0 radical (unpaired) electrons. The highest BCUT2D eigenvalue weighted by atomic mass is 127. The fraction of sp³-hybridized carbons (Fsp3) is 0.538. The minimum atomic E-state index is -0.125. The lowest BCUT2D eigenvalue weighted by atomic mass is 9.81. The molecule has 0 heterocycles. The smallest absolute Gasteiger partial charge is 0.126 e. The van der Waals surface area contributed by atoms with Gasteiger partial charge < -0.3 is 37.9 Å². The molecule has 5 rings (SSSR count). The van der Waals surface area contributed by atoms with E-state index in [-0.39, 0.29) is 10.8 Å². The number of halogens is 2. The molecule has 1 aliphatic rings. The van der Waals surface area contributed by atoms with Crippen molar-refractivity contribution in [2.45, 2.75) is 106 Å². The van der Waals surface area contributed by atoms with Crippen molar-refractivity contribution >= 4 is 45.2 Å². The molecule has 0 atom stereocenters. The Kier molecular flexibility index (Phi) is 19.6. The summed E-state index contributed by atoms with van der Waals surface area (Å²) in [5.41, 5.74) is 11.1. The van der Waals surface area contributed by atoms with Crippen molar-refractivity contribution in [3.63, 3.8) is 0 Å². The second kappa shape index (κ2) is 24.1. The molecule has 0 amide bonds. The summed E-state index contributed by atoms with van der Waals surface area (Å²) in [6.07, 6.45) is 2.42. The minimum Gasteiger partial charge on any atom is -0.491 e. The average molecular weight is 1080 g/mol. The van der Waals surface area contributed by atoms with Gasteiger partial charge in [0.15, 0.2) is 0 Å². The molecule has 10 heteroatoms. The van der Waals surface area contributed by atoms with Gasteiger partial charge in [0.25, 0.3) is 0 Å². The Hall–Kier alpha value is -2.62. The molecule has 0 fully saturated rings. The third kappa shape index (κ3) is 14.2. The highest BCUT2D eigenvalue weighted by molar-refractivity contribution is 14.1. The van der Waals surface area contributed by atoms with Gasteiger partial charge in [0.2, 0.25) is 0 Å². The van der Waals surface area contributed by atoms with Crippen LogP contribution in [0.25, 0.3) is 0 Å². The van der Waals surface area contributed by atoms with Crippen molar-refractivity contribution in [1.82, 2.24) is 0 Å². The van der Waals surface area contributed by atoms with Gasteiger partial charge in [-0.2, -0.15) is 0 Å². The standard InChI is InChI=1S/C52H70I2O8/c1-11-55-15-19-59-47-35-23-39-31-45(53)33-41(49(39)61-21-17-57-13-3)25-37-29-44(52(8,9)10)30-38(48(37)60-20-16-56-12-2)26-42-34-46(54)32-40(50(42)62-22-18-58-14-4)24-36(47)28-43(27-35)51(5,6)7/h27-34H,11-26H2,1-10H3. The molecular formula is C52H70I2O8. The summed E-state index contributed by atoms with van der Waals surface area (Å²) in [6.45, 7) is 28.0. The van der Waals surface area contributed by atoms with Crippen LogP contribution in [-0.4, -0.2) is 79.3 Å². The first-order valence-corrected chi connectivity index (χ1v) is 24.6. The number of hydrogen-bond acceptors (Lipinski definition) is 8. The highest BCUT2D eigenvalue weighted by Gasteiger charge is 2.27. The van der Waals surface area contributed by atoms with E-state index >= 15 is 0 Å². The van der Waals surface area contributed by atoms with Gasteiger partial charge in [-0.05, 0) is 164 Å². The van der Waals surface area contributed by atoms with Crippen molar-refractivity contribution in [3.05, 3.63) is 111 Å². The summed E-state index contributed by atoms with van der Waals surface area (Å²) in [5, 5.41) is 0. The van der Waals surface area contributed by atoms with Crippen molar-refractivity contribution in [2.24, 2.45) is 0 Å². The SMILES string of the molecule is CCOCCOc1c2cc(I)cc1Cc1cc(C(C)(C)C)cc(c1OCCOCC)Cc1cc(I)cc(c1OCCOCC)Cc1cc(C(C)(C)C)cc(c1OCCOCC)C2. The zero-order valence-electron chi connectivity index (χ0n) is 39.0. The zero-order valence-corrected chi connectivity index (χ0v) is 43.3. The molecule has 0 N–H and O–H groups in total. The average Bonchev–Trinajstić information content (AvgIpc) is 3.20. The van der Waals surface area contributed by atoms with Crippen LogP contribution in [0.5, 0.6) is 23.0 Å². The van der Waals surface area contributed by atoms with Crippen LogP contribution in [0, 0.1) is 7.14 Å². The van der Waals surface area contributed by atoms with Crippen molar-refractivity contribution in [1.29, 1.82) is 0 Å². The fourth-order valence-electron chi connectivity index (χ4n) is 7.80. The third-order valence-corrected chi connectivity index (χ3v) is 12.1.